The minimum absolute atomic E-state index is 0.234. The highest BCUT2D eigenvalue weighted by molar-refractivity contribution is 5.54. The second-order valence-corrected chi connectivity index (χ2v) is 7.64. The lowest BCUT2D eigenvalue weighted by Crippen LogP contribution is -2.30. The molecule has 0 radical (unpaired) electrons. The standard InChI is InChI=1S/C18H26O/c1-11-7-8-19-16-10-15-14(9-13(11)16)17(3,4)12(2)18(15,5)6/h9-12H,7-8H2,1-6H3. The molecule has 0 bridgehead atoms. The van der Waals surface area contributed by atoms with Gasteiger partial charge in [0.15, 0.2) is 0 Å². The summed E-state index contributed by atoms with van der Waals surface area (Å²) >= 11 is 0. The maximum absolute atomic E-state index is 5.92. The summed E-state index contributed by atoms with van der Waals surface area (Å²) in [6.07, 6.45) is 1.14. The lowest BCUT2D eigenvalue weighted by molar-refractivity contribution is 0.263. The quantitative estimate of drug-likeness (QED) is 0.651. The summed E-state index contributed by atoms with van der Waals surface area (Å²) in [5.41, 5.74) is 4.95. The first-order valence-electron chi connectivity index (χ1n) is 7.58. The van der Waals surface area contributed by atoms with Crippen molar-refractivity contribution < 1.29 is 4.74 Å². The van der Waals surface area contributed by atoms with Gasteiger partial charge in [-0.05, 0) is 51.8 Å². The zero-order valence-electron chi connectivity index (χ0n) is 13.1. The molecule has 0 fully saturated rings. The minimum atomic E-state index is 0.234. The van der Waals surface area contributed by atoms with Crippen molar-refractivity contribution in [3.8, 4) is 5.75 Å². The van der Waals surface area contributed by atoms with Crippen LogP contribution in [0.3, 0.4) is 0 Å². The predicted octanol–water partition coefficient (Wildman–Crippen LogP) is 4.78. The average Bonchev–Trinajstić information content (AvgIpc) is 2.48. The third kappa shape index (κ3) is 1.60. The van der Waals surface area contributed by atoms with Crippen molar-refractivity contribution >= 4 is 0 Å². The van der Waals surface area contributed by atoms with Gasteiger partial charge in [0.25, 0.3) is 0 Å². The summed E-state index contributed by atoms with van der Waals surface area (Å²) in [5, 5.41) is 0. The van der Waals surface area contributed by atoms with Crippen LogP contribution in [0, 0.1) is 5.92 Å². The molecule has 1 aromatic rings. The lowest BCUT2D eigenvalue weighted by atomic mass is 9.71. The minimum Gasteiger partial charge on any atom is -0.493 e. The molecule has 2 unspecified atom stereocenters. The van der Waals surface area contributed by atoms with E-state index in [1.54, 1.807) is 5.56 Å². The molecule has 2 aliphatic rings. The number of hydrogen-bond acceptors (Lipinski definition) is 1. The van der Waals surface area contributed by atoms with Crippen molar-refractivity contribution in [3.63, 3.8) is 0 Å². The topological polar surface area (TPSA) is 9.23 Å². The van der Waals surface area contributed by atoms with Gasteiger partial charge in [-0.3, -0.25) is 0 Å². The van der Waals surface area contributed by atoms with E-state index in [9.17, 15) is 0 Å². The largest absolute Gasteiger partial charge is 0.493 e. The number of ether oxygens (including phenoxy) is 1. The summed E-state index contributed by atoms with van der Waals surface area (Å²) in [4.78, 5) is 0. The molecule has 1 heterocycles. The summed E-state index contributed by atoms with van der Waals surface area (Å²) in [5.74, 6) is 2.41. The van der Waals surface area contributed by atoms with Gasteiger partial charge in [0.05, 0.1) is 6.61 Å². The summed E-state index contributed by atoms with van der Waals surface area (Å²) in [6, 6.07) is 4.78. The molecule has 0 N–H and O–H groups in total. The maximum Gasteiger partial charge on any atom is 0.123 e. The van der Waals surface area contributed by atoms with E-state index in [-0.39, 0.29) is 10.8 Å². The molecule has 19 heavy (non-hydrogen) atoms. The Morgan fingerprint density at radius 1 is 1.00 bits per heavy atom. The highest BCUT2D eigenvalue weighted by Gasteiger charge is 2.49. The van der Waals surface area contributed by atoms with E-state index in [4.69, 9.17) is 4.74 Å². The molecule has 104 valence electrons. The normalized spacial score (nSPS) is 30.4. The Labute approximate surface area is 117 Å². The van der Waals surface area contributed by atoms with E-state index in [0.29, 0.717) is 11.8 Å². The van der Waals surface area contributed by atoms with E-state index in [1.807, 2.05) is 0 Å². The molecule has 0 spiro atoms. The van der Waals surface area contributed by atoms with Crippen LogP contribution >= 0.6 is 0 Å². The van der Waals surface area contributed by atoms with E-state index in [1.165, 1.54) is 11.1 Å². The van der Waals surface area contributed by atoms with E-state index < -0.39 is 0 Å². The van der Waals surface area contributed by atoms with Crippen molar-refractivity contribution in [2.45, 2.75) is 64.7 Å². The van der Waals surface area contributed by atoms with Crippen LogP contribution < -0.4 is 4.74 Å². The van der Waals surface area contributed by atoms with Gasteiger partial charge in [0, 0.05) is 0 Å². The molecule has 0 aromatic heterocycles. The third-order valence-corrected chi connectivity index (χ3v) is 6.04. The van der Waals surface area contributed by atoms with Crippen LogP contribution in [0.4, 0.5) is 0 Å². The van der Waals surface area contributed by atoms with E-state index in [0.717, 1.165) is 18.8 Å². The number of rotatable bonds is 0. The molecule has 1 aliphatic carbocycles. The van der Waals surface area contributed by atoms with Gasteiger partial charge in [-0.2, -0.15) is 0 Å². The zero-order chi connectivity index (χ0) is 14.0. The molecular formula is C18H26O. The number of benzene rings is 1. The molecule has 1 nitrogen and oxygen atoms in total. The SMILES string of the molecule is CC1CCOc2cc3c(cc21)C(C)(C)C(C)C3(C)C. The fourth-order valence-corrected chi connectivity index (χ4v) is 4.04. The Balaban J connectivity index is 2.25. The highest BCUT2D eigenvalue weighted by Crippen LogP contribution is 2.55. The molecular weight excluding hydrogens is 232 g/mol. The molecule has 0 saturated heterocycles. The average molecular weight is 258 g/mol. The smallest absolute Gasteiger partial charge is 0.123 e. The van der Waals surface area contributed by atoms with Crippen LogP contribution in [-0.4, -0.2) is 6.61 Å². The van der Waals surface area contributed by atoms with Crippen LogP contribution in [-0.2, 0) is 10.8 Å². The van der Waals surface area contributed by atoms with Crippen LogP contribution in [0.15, 0.2) is 12.1 Å². The van der Waals surface area contributed by atoms with Gasteiger partial charge in [-0.15, -0.1) is 0 Å². The Morgan fingerprint density at radius 3 is 2.21 bits per heavy atom. The molecule has 1 aromatic carbocycles. The van der Waals surface area contributed by atoms with Crippen molar-refractivity contribution in [1.82, 2.24) is 0 Å². The second-order valence-electron chi connectivity index (χ2n) is 7.64. The van der Waals surface area contributed by atoms with Crippen molar-refractivity contribution in [2.75, 3.05) is 6.61 Å². The monoisotopic (exact) mass is 258 g/mol. The number of hydrogen-bond donors (Lipinski definition) is 0. The first-order valence-corrected chi connectivity index (χ1v) is 7.58. The van der Waals surface area contributed by atoms with Crippen LogP contribution in [0.1, 0.15) is 70.6 Å². The molecule has 2 atom stereocenters. The molecule has 0 amide bonds. The van der Waals surface area contributed by atoms with Gasteiger partial charge in [-0.25, -0.2) is 0 Å². The van der Waals surface area contributed by atoms with Crippen molar-refractivity contribution in [3.05, 3.63) is 28.8 Å². The van der Waals surface area contributed by atoms with Gasteiger partial charge in [0.2, 0.25) is 0 Å². The lowest BCUT2D eigenvalue weighted by Gasteiger charge is -2.32. The van der Waals surface area contributed by atoms with E-state index in [2.05, 4.69) is 53.7 Å². The molecule has 1 heteroatoms. The first kappa shape index (κ1) is 13.0. The molecule has 3 rings (SSSR count). The zero-order valence-corrected chi connectivity index (χ0v) is 13.1. The predicted molar refractivity (Wildman–Crippen MR) is 80.2 cm³/mol. The van der Waals surface area contributed by atoms with Gasteiger partial charge >= 0.3 is 0 Å². The fourth-order valence-electron chi connectivity index (χ4n) is 4.04. The highest BCUT2D eigenvalue weighted by atomic mass is 16.5. The fraction of sp³-hybridized carbons (Fsp3) is 0.667. The number of fused-ring (bicyclic) bond motifs is 2. The maximum atomic E-state index is 5.92. The Bertz CT molecular complexity index is 525. The summed E-state index contributed by atoms with van der Waals surface area (Å²) in [6.45, 7) is 15.1. The van der Waals surface area contributed by atoms with E-state index >= 15 is 0 Å². The third-order valence-electron chi connectivity index (χ3n) is 6.04. The van der Waals surface area contributed by atoms with Crippen LogP contribution in [0.5, 0.6) is 5.75 Å². The second kappa shape index (κ2) is 3.77. The Morgan fingerprint density at radius 2 is 1.58 bits per heavy atom. The first-order chi connectivity index (χ1) is 8.76. The summed E-state index contributed by atoms with van der Waals surface area (Å²) < 4.78 is 5.92. The molecule has 1 aliphatic heterocycles. The van der Waals surface area contributed by atoms with Crippen LogP contribution in [0.25, 0.3) is 0 Å². The van der Waals surface area contributed by atoms with Gasteiger partial charge < -0.3 is 4.74 Å². The van der Waals surface area contributed by atoms with Gasteiger partial charge in [-0.1, -0.05) is 47.6 Å². The summed E-state index contributed by atoms with van der Waals surface area (Å²) in [7, 11) is 0. The van der Waals surface area contributed by atoms with Crippen LogP contribution in [0.2, 0.25) is 0 Å². The Kier molecular flexibility index (Phi) is 2.59. The Hall–Kier alpha value is -0.980. The van der Waals surface area contributed by atoms with Crippen molar-refractivity contribution in [2.24, 2.45) is 5.92 Å². The molecule has 0 saturated carbocycles. The van der Waals surface area contributed by atoms with Gasteiger partial charge in [0.1, 0.15) is 5.75 Å². The van der Waals surface area contributed by atoms with Crippen molar-refractivity contribution in [1.29, 1.82) is 0 Å².